The highest BCUT2D eigenvalue weighted by Gasteiger charge is 2.46. The van der Waals surface area contributed by atoms with Gasteiger partial charge in [0.1, 0.15) is 34.8 Å². The number of ether oxygens (including phenoxy) is 2. The summed E-state index contributed by atoms with van der Waals surface area (Å²) in [6.07, 6.45) is 5.50. The molecule has 91 heavy (non-hydrogen) atoms. The van der Waals surface area contributed by atoms with Crippen LogP contribution >= 0.6 is 23.2 Å². The van der Waals surface area contributed by atoms with E-state index in [-0.39, 0.29) is 62.5 Å². The minimum atomic E-state index is -1.14. The molecule has 0 spiro atoms. The molecule has 0 saturated heterocycles. The van der Waals surface area contributed by atoms with Crippen LogP contribution < -0.4 is 36.9 Å². The number of pyridine rings is 3. The van der Waals surface area contributed by atoms with Crippen LogP contribution in [0.25, 0.3) is 0 Å². The molecule has 0 aliphatic heterocycles. The molecule has 3 aromatic carbocycles. The van der Waals surface area contributed by atoms with Gasteiger partial charge in [0.05, 0.1) is 33.1 Å². The number of nitro groups is 2. The van der Waals surface area contributed by atoms with Crippen LogP contribution in [0.15, 0.2) is 110 Å². The van der Waals surface area contributed by atoms with Crippen molar-refractivity contribution in [3.05, 3.63) is 147 Å². The number of carbonyl (C=O) groups is 5. The number of hydrogen-bond donors (Lipinski definition) is 6. The Morgan fingerprint density at radius 3 is 1.30 bits per heavy atom. The van der Waals surface area contributed by atoms with Crippen molar-refractivity contribution in [2.24, 2.45) is 16.2 Å². The molecule has 446 valence electrons. The number of rotatable bonds is 19. The summed E-state index contributed by atoms with van der Waals surface area (Å²) in [4.78, 5) is 84.5. The van der Waals surface area contributed by atoms with Crippen molar-refractivity contribution in [2.45, 2.75) is 59.3 Å². The Bertz CT molecular complexity index is 3550. The normalized spacial score (nSPS) is 13.3. The van der Waals surface area contributed by atoms with Crippen LogP contribution in [-0.2, 0) is 24.0 Å². The average Bonchev–Trinajstić information content (AvgIpc) is 1.73. The maximum atomic E-state index is 13.9. The third-order valence-electron chi connectivity index (χ3n) is 13.7. The zero-order chi connectivity index (χ0) is 68.3. The van der Waals surface area contributed by atoms with Crippen LogP contribution in [0.5, 0.6) is 23.0 Å². The number of nitrogens with two attached hydrogens (primary N) is 2. The van der Waals surface area contributed by atoms with Crippen LogP contribution in [0.4, 0.5) is 59.1 Å². The monoisotopic (exact) mass is 1260 g/mol. The third-order valence-corrected chi connectivity index (χ3v) is 14.1. The smallest absolute Gasteiger partial charge is 0.309 e. The van der Waals surface area contributed by atoms with Crippen LogP contribution in [0, 0.1) is 53.9 Å². The Balaban J connectivity index is 0.000000246. The van der Waals surface area contributed by atoms with E-state index in [1.165, 1.54) is 54.9 Å². The molecule has 3 heterocycles. The number of carboxylic acids is 1. The number of amides is 2. The Morgan fingerprint density at radius 1 is 0.560 bits per heavy atom. The summed E-state index contributed by atoms with van der Waals surface area (Å²) in [5, 5.41) is 35.5. The third kappa shape index (κ3) is 24.6. The van der Waals surface area contributed by atoms with Gasteiger partial charge >= 0.3 is 16.5 Å². The average molecular weight is 1260 g/mol. The molecule has 0 atom stereocenters. The number of hydrogen-bond acceptors (Lipinski definition) is 17. The van der Waals surface area contributed by atoms with Gasteiger partial charge in [0, 0.05) is 171 Å². The van der Waals surface area contributed by atoms with Gasteiger partial charge in [0.15, 0.2) is 23.1 Å². The van der Waals surface area contributed by atoms with Crippen molar-refractivity contribution >= 4 is 198 Å². The Hall–Kier alpha value is -8.06. The summed E-state index contributed by atoms with van der Waals surface area (Å²) in [5.74, 6) is -1.64. The van der Waals surface area contributed by atoms with E-state index >= 15 is 0 Å². The first-order valence-corrected chi connectivity index (χ1v) is 27.7. The number of carbonyl (C=O) groups excluding carboxylic acids is 4. The van der Waals surface area contributed by atoms with Crippen molar-refractivity contribution in [2.75, 3.05) is 27.4 Å². The lowest BCUT2D eigenvalue weighted by atomic mass is 8.47. The van der Waals surface area contributed by atoms with Crippen molar-refractivity contribution in [3.8, 4) is 23.0 Å². The van der Waals surface area contributed by atoms with E-state index in [4.69, 9.17) is 87.9 Å². The lowest BCUT2D eigenvalue weighted by molar-refractivity contribution is -0.385. The summed E-state index contributed by atoms with van der Waals surface area (Å²) in [5.41, 5.74) is 10.6. The van der Waals surface area contributed by atoms with E-state index in [0.29, 0.717) is 34.4 Å². The van der Waals surface area contributed by atoms with Crippen molar-refractivity contribution in [1.29, 1.82) is 0 Å². The van der Waals surface area contributed by atoms with Gasteiger partial charge in [0.25, 0.3) is 11.4 Å². The van der Waals surface area contributed by atoms with Gasteiger partial charge in [-0.1, -0.05) is 13.8 Å². The number of aliphatic carboxylic acids is 1. The van der Waals surface area contributed by atoms with E-state index in [0.717, 1.165) is 62.8 Å². The van der Waals surface area contributed by atoms with Gasteiger partial charge in [-0.05, 0) is 117 Å². The van der Waals surface area contributed by atoms with Gasteiger partial charge < -0.3 is 42.0 Å². The minimum absolute atomic E-state index is 0.0317. The molecule has 6 aromatic rings. The lowest BCUT2D eigenvalue weighted by Gasteiger charge is -2.34. The fourth-order valence-corrected chi connectivity index (χ4v) is 7.33. The topological polar surface area (TPSA) is 337 Å². The summed E-state index contributed by atoms with van der Waals surface area (Å²) in [7, 11) is 44.1. The van der Waals surface area contributed by atoms with Gasteiger partial charge in [-0.2, -0.15) is 0 Å². The standard InChI is InChI=1S/C16H17FN4O.C16H14FN3O4.C11H8FN3O3.C5H8O2.C2Cl2O2.B14/c1-16(5-6-16)15(22)21-14-9-11(4-7-19-14)20-13-3-2-10(18)8-12(13)17;1-16(5-6-16)15(21)19-14-9-11(4-7-18-14)24-13-3-2-10(20(22)23)8-12(13)17;12-9-5-7(15(16)17)1-2-10(9)18-8-3-4-14-11(13)6-8;1-5(2-3-5)4(6)7;3-1(5)2(4)6;1-9(2)13(10(3)4)14(11(5)6)12(7)8/h2-4,7-9H,5-6,18H2,1H3,(H2,19,20,21,22);2-4,7-9H,5-6H2,1H3,(H,18,19,21);1-6H,(H2,13,14);2-3H2,1H3,(H,6,7);;. The fraction of sp³-hybridized carbons (Fsp3) is 0.240. The van der Waals surface area contributed by atoms with Crippen LogP contribution in [0.3, 0.4) is 0 Å². The van der Waals surface area contributed by atoms with E-state index in [9.17, 15) is 57.4 Å². The number of halogens is 5. The molecule has 8 N–H and O–H groups in total. The number of nitrogens with zero attached hydrogens (tertiary/aromatic N) is 5. The molecule has 0 bridgehead atoms. The molecule has 16 radical (unpaired) electrons. The molecule has 22 nitrogen and oxygen atoms in total. The molecule has 3 aliphatic rings. The van der Waals surface area contributed by atoms with Crippen LogP contribution in [-0.4, -0.2) is 158 Å². The van der Waals surface area contributed by atoms with Crippen molar-refractivity contribution in [3.63, 3.8) is 0 Å². The maximum absolute atomic E-state index is 13.9. The SMILES string of the molecule is CC1(C(=O)Nc2cc(Nc3ccc(N)cc3F)ccn2)CC1.CC1(C(=O)Nc2cc(Oc3ccc([N+](=O)[O-])cc3F)ccn2)CC1.CC1(C(=O)O)CC1.Nc1cc(Oc2ccc([N+](=O)[O-])cc2F)ccn1.O=C(Cl)C(=O)Cl.[B]B([B])B(B([B])[B])B(B([B])[B])B([B])[B]. The molecule has 9 rings (SSSR count). The number of non-ortho nitro benzene ring substituents is 2. The van der Waals surface area contributed by atoms with E-state index in [2.05, 4.69) is 54.1 Å². The summed E-state index contributed by atoms with van der Waals surface area (Å²) in [6, 6.07) is 19.9. The molecule has 3 fully saturated rings. The molecular formula is C50H47B14Cl2F3N10O12. The predicted molar refractivity (Wildman–Crippen MR) is 357 cm³/mol. The lowest BCUT2D eigenvalue weighted by Crippen LogP contribution is -2.72. The molecule has 41 heteroatoms. The predicted octanol–water partition coefficient (Wildman–Crippen LogP) is 5.51. The summed E-state index contributed by atoms with van der Waals surface area (Å²) in [6.45, 7) is 5.57. The number of carboxylic acid groups (broad SMARTS) is 1. The second-order valence-corrected chi connectivity index (χ2v) is 22.1. The maximum Gasteiger partial charge on any atom is 0.309 e. The van der Waals surface area contributed by atoms with E-state index in [1.807, 2.05) is 13.8 Å². The molecule has 3 saturated carbocycles. The van der Waals surface area contributed by atoms with Gasteiger partial charge in [-0.25, -0.2) is 28.1 Å². The van der Waals surface area contributed by atoms with Gasteiger partial charge in [-0.3, -0.25) is 44.2 Å². The largest absolute Gasteiger partial charge is 0.481 e. The van der Waals surface area contributed by atoms with Crippen LogP contribution in [0.2, 0.25) is 0 Å². The Morgan fingerprint density at radius 2 is 0.956 bits per heavy atom. The second-order valence-electron chi connectivity index (χ2n) is 21.4. The Labute approximate surface area is 544 Å². The zero-order valence-electron chi connectivity index (χ0n) is 48.9. The molecule has 2 amide bonds. The first kappa shape index (κ1) is 75.4. The Kier molecular flexibility index (Phi) is 28.0. The summed E-state index contributed by atoms with van der Waals surface area (Å²) < 4.78 is 51.7. The second kappa shape index (κ2) is 33.8. The molecule has 0 unspecified atom stereocenters. The highest BCUT2D eigenvalue weighted by Crippen LogP contribution is 2.47. The van der Waals surface area contributed by atoms with Crippen molar-refractivity contribution < 1.29 is 61.6 Å². The van der Waals surface area contributed by atoms with Crippen LogP contribution in [0.1, 0.15) is 59.3 Å². The first-order valence-electron chi connectivity index (χ1n) is 27.0. The zero-order valence-corrected chi connectivity index (χ0v) is 50.4. The first-order chi connectivity index (χ1) is 42.5. The number of nitro benzene ring substituents is 2. The molecule has 3 aromatic heterocycles. The molecule has 3 aliphatic carbocycles. The highest BCUT2D eigenvalue weighted by atomic mass is 35.5. The van der Waals surface area contributed by atoms with Gasteiger partial charge in [-0.15, -0.1) is 0 Å². The number of benzene rings is 3. The number of anilines is 6. The van der Waals surface area contributed by atoms with E-state index < -0.39 is 82.1 Å². The number of aromatic nitrogens is 3. The van der Waals surface area contributed by atoms with E-state index in [1.54, 1.807) is 37.4 Å². The quantitative estimate of drug-likeness (QED) is 0.0145. The highest BCUT2D eigenvalue weighted by molar-refractivity contribution is 8.10. The number of nitrogen functional groups attached to an aromatic ring is 2. The van der Waals surface area contributed by atoms with Crippen molar-refractivity contribution in [1.82, 2.24) is 15.0 Å². The number of nitrogens with one attached hydrogen (secondary N) is 3. The molecular weight excluding hydrogens is 1210 g/mol. The fourth-order valence-electron chi connectivity index (χ4n) is 7.33. The summed E-state index contributed by atoms with van der Waals surface area (Å²) >= 11 is 8.98. The minimum Gasteiger partial charge on any atom is -0.481 e. The van der Waals surface area contributed by atoms with Gasteiger partial charge in [0.2, 0.25) is 11.8 Å².